The van der Waals surface area contributed by atoms with Crippen molar-refractivity contribution in [2.75, 3.05) is 0 Å². The van der Waals surface area contributed by atoms with Gasteiger partial charge in [0.05, 0.1) is 21.9 Å². The van der Waals surface area contributed by atoms with Crippen LogP contribution in [0.15, 0.2) is 114 Å². The Labute approximate surface area is 282 Å². The predicted octanol–water partition coefficient (Wildman–Crippen LogP) is 8.80. The van der Waals surface area contributed by atoms with Gasteiger partial charge < -0.3 is 9.15 Å². The van der Waals surface area contributed by atoms with Crippen LogP contribution in [0.5, 0.6) is 5.75 Å². The molecule has 3 aliphatic carbocycles. The number of hydrogen-bond donors (Lipinski definition) is 0. The second-order valence-electron chi connectivity index (χ2n) is 13.4. The third-order valence-electron chi connectivity index (χ3n) is 10.7. The Bertz CT molecular complexity index is 2760. The zero-order valence-electron chi connectivity index (χ0n) is 26.8. The minimum atomic E-state index is -0.00393. The van der Waals surface area contributed by atoms with Gasteiger partial charge in [-0.25, -0.2) is 9.97 Å². The fourth-order valence-corrected chi connectivity index (χ4v) is 8.49. The van der Waals surface area contributed by atoms with E-state index in [9.17, 15) is 0 Å². The first kappa shape index (κ1) is 27.1. The third-order valence-corrected chi connectivity index (χ3v) is 10.7. The number of furan rings is 1. The van der Waals surface area contributed by atoms with Crippen LogP contribution in [0.25, 0.3) is 73.8 Å². The fraction of sp³-hybridized carbons (Fsp3) is 0.136. The monoisotopic (exact) mass is 633 g/mol. The Hall–Kier alpha value is -5.94. The molecule has 0 spiro atoms. The van der Waals surface area contributed by atoms with Crippen LogP contribution in [-0.4, -0.2) is 20.6 Å². The molecular weight excluding hydrogens is 603 g/mol. The largest absolute Gasteiger partial charge is 0.484 e. The molecule has 4 aliphatic rings. The second kappa shape index (κ2) is 10.3. The number of nitrogens with zero attached hydrogens (tertiary/aromatic N) is 3. The van der Waals surface area contributed by atoms with E-state index in [2.05, 4.69) is 126 Å². The average molecular weight is 634 g/mol. The Morgan fingerprint density at radius 2 is 1.61 bits per heavy atom. The van der Waals surface area contributed by atoms with Gasteiger partial charge in [-0.05, 0) is 55.5 Å². The van der Waals surface area contributed by atoms with Crippen LogP contribution in [0.3, 0.4) is 0 Å². The Balaban J connectivity index is 1.19. The van der Waals surface area contributed by atoms with Crippen LogP contribution < -0.4 is 15.3 Å². The van der Waals surface area contributed by atoms with E-state index >= 15 is 0 Å². The van der Waals surface area contributed by atoms with E-state index in [1.807, 2.05) is 6.07 Å². The molecule has 3 aromatic heterocycles. The molecule has 0 fully saturated rings. The quantitative estimate of drug-likeness (QED) is 0.195. The maximum absolute atomic E-state index is 6.82. The molecule has 0 radical (unpaired) electrons. The molecule has 11 rings (SSSR count). The molecule has 7 aromatic rings. The van der Waals surface area contributed by atoms with Crippen LogP contribution in [0, 0.1) is 0 Å². The predicted molar refractivity (Wildman–Crippen MR) is 197 cm³/mol. The van der Waals surface area contributed by atoms with Crippen molar-refractivity contribution < 1.29 is 9.15 Å². The van der Waals surface area contributed by atoms with Crippen molar-refractivity contribution >= 4 is 56.6 Å². The topological polar surface area (TPSA) is 53.1 Å². The molecule has 2 atom stereocenters. The molecule has 0 saturated heterocycles. The third kappa shape index (κ3) is 3.93. The summed E-state index contributed by atoms with van der Waals surface area (Å²) < 4.78 is 15.7. The van der Waals surface area contributed by atoms with Gasteiger partial charge in [0.1, 0.15) is 23.0 Å². The summed E-state index contributed by atoms with van der Waals surface area (Å²) in [6.45, 7) is 0. The van der Waals surface area contributed by atoms with Crippen LogP contribution in [0.4, 0.5) is 0 Å². The van der Waals surface area contributed by atoms with Crippen LogP contribution in [0.2, 0.25) is 0 Å². The van der Waals surface area contributed by atoms with Crippen molar-refractivity contribution in [3.05, 3.63) is 142 Å². The zero-order valence-corrected chi connectivity index (χ0v) is 26.8. The van der Waals surface area contributed by atoms with Gasteiger partial charge in [-0.2, -0.15) is 0 Å². The molecular formula is C44H31N3O2. The summed E-state index contributed by atoms with van der Waals surface area (Å²) in [5, 5.41) is 5.57. The number of aromatic nitrogens is 3. The summed E-state index contributed by atoms with van der Waals surface area (Å²) in [6, 6.07) is 29.9. The van der Waals surface area contributed by atoms with E-state index in [-0.39, 0.29) is 12.0 Å². The first-order chi connectivity index (χ1) is 24.3. The number of allylic oxidation sites excluding steroid dienone is 3. The zero-order chi connectivity index (χ0) is 32.1. The van der Waals surface area contributed by atoms with Crippen molar-refractivity contribution in [1.82, 2.24) is 14.5 Å². The smallest absolute Gasteiger partial charge is 0.235 e. The summed E-state index contributed by atoms with van der Waals surface area (Å²) in [6.07, 6.45) is 19.3. The maximum atomic E-state index is 6.82. The van der Waals surface area contributed by atoms with Crippen LogP contribution in [-0.2, 0) is 6.42 Å². The molecule has 0 N–H and O–H groups in total. The van der Waals surface area contributed by atoms with Crippen LogP contribution >= 0.6 is 0 Å². The van der Waals surface area contributed by atoms with Gasteiger partial charge in [-0.1, -0.05) is 103 Å². The molecule has 1 aliphatic heterocycles. The number of para-hydroxylation sites is 2. The van der Waals surface area contributed by atoms with E-state index in [1.54, 1.807) is 0 Å². The summed E-state index contributed by atoms with van der Waals surface area (Å²) >= 11 is 0. The highest BCUT2D eigenvalue weighted by atomic mass is 16.5. The van der Waals surface area contributed by atoms with Crippen molar-refractivity contribution in [3.8, 4) is 23.0 Å². The van der Waals surface area contributed by atoms with Gasteiger partial charge in [0.25, 0.3) is 0 Å². The number of rotatable bonds is 3. The van der Waals surface area contributed by atoms with E-state index in [0.717, 1.165) is 91.7 Å². The Morgan fingerprint density at radius 3 is 2.57 bits per heavy atom. The Morgan fingerprint density at radius 1 is 0.755 bits per heavy atom. The number of fused-ring (bicyclic) bond motifs is 11. The van der Waals surface area contributed by atoms with Crippen molar-refractivity contribution in [2.24, 2.45) is 0 Å². The summed E-state index contributed by atoms with van der Waals surface area (Å²) in [5.74, 6) is 1.88. The number of hydrogen-bond acceptors (Lipinski definition) is 4. The SMILES string of the molecule is C1=CC2Oc3c(ccc4c3c3c(n4-c4nc(-c5ccccc5)c5c(n4)=CCCC=5)CCC(c4cccc5c4oc4ccccc45)=C3)C2C=C1. The lowest BCUT2D eigenvalue weighted by Crippen LogP contribution is -2.34. The first-order valence-electron chi connectivity index (χ1n) is 17.3. The number of ether oxygens (including phenoxy) is 1. The standard InChI is InChI=1S/C44H31N3O2/c1-2-11-26(12-3-1)41-33-15-4-7-18-35(33)45-44(46-41)47-36-23-21-27(28-16-10-17-31-29-13-5-8-19-38(29)48-42(28)31)25-34(36)40-37(47)24-22-32-30-14-6-9-20-39(30)49-43(32)40/h1-3,5-6,8-20,22,24-25,30,39H,4,7,21,23H2. The lowest BCUT2D eigenvalue weighted by atomic mass is 9.88. The van der Waals surface area contributed by atoms with Gasteiger partial charge in [0.15, 0.2) is 0 Å². The fourth-order valence-electron chi connectivity index (χ4n) is 8.49. The van der Waals surface area contributed by atoms with E-state index in [4.69, 9.17) is 19.1 Å². The molecule has 234 valence electrons. The maximum Gasteiger partial charge on any atom is 0.235 e. The molecule has 5 nitrogen and oxygen atoms in total. The lowest BCUT2D eigenvalue weighted by molar-refractivity contribution is 0.271. The molecule has 0 saturated carbocycles. The first-order valence-corrected chi connectivity index (χ1v) is 17.3. The highest BCUT2D eigenvalue weighted by Gasteiger charge is 2.36. The molecule has 4 aromatic carbocycles. The minimum absolute atomic E-state index is 0.00393. The normalized spacial score (nSPS) is 18.7. The van der Waals surface area contributed by atoms with Gasteiger partial charge in [0, 0.05) is 49.9 Å². The van der Waals surface area contributed by atoms with Crippen molar-refractivity contribution in [1.29, 1.82) is 0 Å². The highest BCUT2D eigenvalue weighted by molar-refractivity contribution is 6.10. The van der Waals surface area contributed by atoms with Gasteiger partial charge >= 0.3 is 0 Å². The second-order valence-corrected chi connectivity index (χ2v) is 13.4. The summed E-state index contributed by atoms with van der Waals surface area (Å²) in [4.78, 5) is 10.6. The van der Waals surface area contributed by atoms with E-state index in [1.165, 1.54) is 22.4 Å². The minimum Gasteiger partial charge on any atom is -0.484 e. The lowest BCUT2D eigenvalue weighted by Gasteiger charge is -2.18. The molecule has 0 bridgehead atoms. The average Bonchev–Trinajstić information content (AvgIpc) is 3.84. The van der Waals surface area contributed by atoms with Gasteiger partial charge in [0.2, 0.25) is 5.95 Å². The number of benzene rings is 4. The molecule has 49 heavy (non-hydrogen) atoms. The molecule has 4 heterocycles. The summed E-state index contributed by atoms with van der Waals surface area (Å²) in [5.41, 5.74) is 11.1. The van der Waals surface area contributed by atoms with Gasteiger partial charge in [-0.3, -0.25) is 4.57 Å². The molecule has 0 amide bonds. The van der Waals surface area contributed by atoms with Crippen LogP contribution in [0.1, 0.15) is 47.6 Å². The van der Waals surface area contributed by atoms with E-state index < -0.39 is 0 Å². The molecule has 5 heteroatoms. The Kier molecular flexibility index (Phi) is 5.68. The summed E-state index contributed by atoms with van der Waals surface area (Å²) in [7, 11) is 0. The highest BCUT2D eigenvalue weighted by Crippen LogP contribution is 2.50. The van der Waals surface area contributed by atoms with Crippen molar-refractivity contribution in [2.45, 2.75) is 37.7 Å². The molecule has 2 unspecified atom stereocenters. The van der Waals surface area contributed by atoms with Gasteiger partial charge in [-0.15, -0.1) is 0 Å². The van der Waals surface area contributed by atoms with Crippen molar-refractivity contribution in [3.63, 3.8) is 0 Å². The van der Waals surface area contributed by atoms with E-state index in [0.29, 0.717) is 5.95 Å².